The van der Waals surface area contributed by atoms with Crippen LogP contribution in [0.1, 0.15) is 41.4 Å². The highest BCUT2D eigenvalue weighted by Gasteiger charge is 2.32. The third-order valence-electron chi connectivity index (χ3n) is 3.40. The summed E-state index contributed by atoms with van der Waals surface area (Å²) in [5, 5.41) is 0. The van der Waals surface area contributed by atoms with Gasteiger partial charge in [0, 0.05) is 5.92 Å². The number of benzene rings is 1. The Balaban J connectivity index is 2.24. The second kappa shape index (κ2) is 2.81. The van der Waals surface area contributed by atoms with Crippen LogP contribution in [0.4, 0.5) is 0 Å². The molecule has 2 aliphatic rings. The first kappa shape index (κ1) is 7.98. The topological polar surface area (TPSA) is 17.1 Å². The zero-order valence-corrected chi connectivity index (χ0v) is 7.94. The van der Waals surface area contributed by atoms with Crippen LogP contribution in [0, 0.1) is 0 Å². The molecule has 0 spiro atoms. The van der Waals surface area contributed by atoms with Gasteiger partial charge in [0.05, 0.1) is 0 Å². The lowest BCUT2D eigenvalue weighted by Crippen LogP contribution is -1.98. The summed E-state index contributed by atoms with van der Waals surface area (Å²) in [6.07, 6.45) is 7.63. The van der Waals surface area contributed by atoms with Gasteiger partial charge in [-0.2, -0.15) is 0 Å². The summed E-state index contributed by atoms with van der Waals surface area (Å²) in [6.45, 7) is 0. The quantitative estimate of drug-likeness (QED) is 0.613. The number of carbonyl (C=O) groups excluding carboxylic acids is 1. The molecule has 0 bridgehead atoms. The number of allylic oxidation sites excluding steroid dienone is 1. The Hall–Kier alpha value is -1.37. The van der Waals surface area contributed by atoms with Gasteiger partial charge in [-0.15, -0.1) is 0 Å². The molecule has 1 heteroatoms. The molecule has 2 unspecified atom stereocenters. The molecule has 0 amide bonds. The average molecular weight is 184 g/mol. The van der Waals surface area contributed by atoms with Crippen LogP contribution in [0.25, 0.3) is 6.08 Å². The summed E-state index contributed by atoms with van der Waals surface area (Å²) in [5.41, 5.74) is 4.03. The fourth-order valence-corrected chi connectivity index (χ4v) is 2.80. The van der Waals surface area contributed by atoms with Gasteiger partial charge in [-0.25, -0.2) is 0 Å². The fraction of sp³-hybridized carbons (Fsp3) is 0.308. The van der Waals surface area contributed by atoms with Crippen LogP contribution in [0.15, 0.2) is 24.3 Å². The number of carbonyl (C=O) groups is 1. The Morgan fingerprint density at radius 3 is 3.14 bits per heavy atom. The van der Waals surface area contributed by atoms with E-state index >= 15 is 0 Å². The highest BCUT2D eigenvalue weighted by atomic mass is 16.1. The van der Waals surface area contributed by atoms with Crippen molar-refractivity contribution < 1.29 is 4.79 Å². The van der Waals surface area contributed by atoms with E-state index in [1.54, 1.807) is 0 Å². The molecular formula is C13H12O. The van der Waals surface area contributed by atoms with Crippen molar-refractivity contribution in [2.24, 2.45) is 0 Å². The van der Waals surface area contributed by atoms with Crippen LogP contribution >= 0.6 is 0 Å². The maximum atomic E-state index is 10.9. The van der Waals surface area contributed by atoms with Crippen molar-refractivity contribution in [2.75, 3.05) is 0 Å². The summed E-state index contributed by atoms with van der Waals surface area (Å²) in [7, 11) is 0. The monoisotopic (exact) mass is 184 g/mol. The summed E-state index contributed by atoms with van der Waals surface area (Å²) < 4.78 is 0. The third-order valence-corrected chi connectivity index (χ3v) is 3.40. The molecule has 2 aliphatic carbocycles. The van der Waals surface area contributed by atoms with Gasteiger partial charge < -0.3 is 4.79 Å². The molecule has 14 heavy (non-hydrogen) atoms. The zero-order chi connectivity index (χ0) is 9.54. The van der Waals surface area contributed by atoms with Crippen LogP contribution in [0.2, 0.25) is 0 Å². The van der Waals surface area contributed by atoms with Crippen molar-refractivity contribution in [3.63, 3.8) is 0 Å². The number of hydrogen-bond acceptors (Lipinski definition) is 1. The lowest BCUT2D eigenvalue weighted by atomic mass is 9.89. The van der Waals surface area contributed by atoms with Crippen molar-refractivity contribution in [3.8, 4) is 0 Å². The predicted octanol–water partition coefficient (Wildman–Crippen LogP) is 2.87. The predicted molar refractivity (Wildman–Crippen MR) is 56.3 cm³/mol. The van der Waals surface area contributed by atoms with E-state index in [0.717, 1.165) is 19.1 Å². The highest BCUT2D eigenvalue weighted by Crippen LogP contribution is 2.46. The normalized spacial score (nSPS) is 27.4. The van der Waals surface area contributed by atoms with E-state index in [9.17, 15) is 4.79 Å². The van der Waals surface area contributed by atoms with Gasteiger partial charge in [-0.05, 0) is 35.4 Å². The minimum Gasteiger partial charge on any atom is -0.303 e. The highest BCUT2D eigenvalue weighted by molar-refractivity contribution is 5.71. The van der Waals surface area contributed by atoms with Gasteiger partial charge in [0.25, 0.3) is 0 Å². The van der Waals surface area contributed by atoms with Crippen LogP contribution in [-0.4, -0.2) is 6.29 Å². The third kappa shape index (κ3) is 0.926. The molecule has 0 fully saturated rings. The smallest absolute Gasteiger partial charge is 0.127 e. The standard InChI is InChI=1S/C13H12O/c14-8-11-7-10-5-1-3-9-4-2-6-12(11)13(9)10/h1-4,6,8,10-11H,5,7H2. The molecule has 0 saturated heterocycles. The molecular weight excluding hydrogens is 172 g/mol. The first-order valence-electron chi connectivity index (χ1n) is 5.15. The van der Waals surface area contributed by atoms with Crippen molar-refractivity contribution in [3.05, 3.63) is 41.0 Å². The summed E-state index contributed by atoms with van der Waals surface area (Å²) >= 11 is 0. The molecule has 0 aromatic heterocycles. The molecule has 2 atom stereocenters. The van der Waals surface area contributed by atoms with Crippen molar-refractivity contribution in [1.82, 2.24) is 0 Å². The molecule has 0 aliphatic heterocycles. The average Bonchev–Trinajstić information content (AvgIpc) is 2.60. The largest absolute Gasteiger partial charge is 0.303 e. The number of hydrogen-bond donors (Lipinski definition) is 0. The van der Waals surface area contributed by atoms with E-state index in [0.29, 0.717) is 5.92 Å². The summed E-state index contributed by atoms with van der Waals surface area (Å²) in [4.78, 5) is 10.9. The zero-order valence-electron chi connectivity index (χ0n) is 7.94. The first-order valence-corrected chi connectivity index (χ1v) is 5.15. The van der Waals surface area contributed by atoms with E-state index in [1.807, 2.05) is 0 Å². The van der Waals surface area contributed by atoms with Gasteiger partial charge in [-0.3, -0.25) is 0 Å². The molecule has 0 heterocycles. The molecule has 0 radical (unpaired) electrons. The second-order valence-corrected chi connectivity index (χ2v) is 4.16. The number of rotatable bonds is 1. The molecule has 0 N–H and O–H groups in total. The van der Waals surface area contributed by atoms with Gasteiger partial charge in [0.15, 0.2) is 0 Å². The Labute approximate surface area is 83.4 Å². The molecule has 3 rings (SSSR count). The Bertz CT molecular complexity index is 417. The van der Waals surface area contributed by atoms with Crippen molar-refractivity contribution in [1.29, 1.82) is 0 Å². The maximum Gasteiger partial charge on any atom is 0.127 e. The number of aldehydes is 1. The van der Waals surface area contributed by atoms with E-state index in [1.165, 1.54) is 16.7 Å². The van der Waals surface area contributed by atoms with Crippen LogP contribution in [0.5, 0.6) is 0 Å². The Morgan fingerprint density at radius 2 is 2.29 bits per heavy atom. The van der Waals surface area contributed by atoms with E-state index in [-0.39, 0.29) is 5.92 Å². The SMILES string of the molecule is O=CC1CC2CC=Cc3cccc1c32. The Morgan fingerprint density at radius 1 is 1.36 bits per heavy atom. The fourth-order valence-electron chi connectivity index (χ4n) is 2.80. The van der Waals surface area contributed by atoms with E-state index in [4.69, 9.17) is 0 Å². The summed E-state index contributed by atoms with van der Waals surface area (Å²) in [6, 6.07) is 6.31. The molecule has 70 valence electrons. The minimum absolute atomic E-state index is 0.148. The lowest BCUT2D eigenvalue weighted by molar-refractivity contribution is -0.109. The van der Waals surface area contributed by atoms with E-state index in [2.05, 4.69) is 30.4 Å². The van der Waals surface area contributed by atoms with Gasteiger partial charge in [0.1, 0.15) is 6.29 Å². The van der Waals surface area contributed by atoms with Crippen LogP contribution < -0.4 is 0 Å². The lowest BCUT2D eigenvalue weighted by Gasteiger charge is -2.16. The Kier molecular flexibility index (Phi) is 1.60. The van der Waals surface area contributed by atoms with Gasteiger partial charge in [-0.1, -0.05) is 30.4 Å². The molecule has 1 nitrogen and oxygen atoms in total. The first-order chi connectivity index (χ1) is 6.90. The molecule has 1 aromatic rings. The van der Waals surface area contributed by atoms with E-state index < -0.39 is 0 Å². The van der Waals surface area contributed by atoms with Crippen LogP contribution in [0.3, 0.4) is 0 Å². The molecule has 1 aromatic carbocycles. The summed E-state index contributed by atoms with van der Waals surface area (Å²) in [5.74, 6) is 0.747. The van der Waals surface area contributed by atoms with Crippen molar-refractivity contribution in [2.45, 2.75) is 24.7 Å². The van der Waals surface area contributed by atoms with Gasteiger partial charge in [0.2, 0.25) is 0 Å². The van der Waals surface area contributed by atoms with Gasteiger partial charge >= 0.3 is 0 Å². The minimum atomic E-state index is 0.148. The van der Waals surface area contributed by atoms with Crippen LogP contribution in [-0.2, 0) is 4.79 Å². The second-order valence-electron chi connectivity index (χ2n) is 4.16. The maximum absolute atomic E-state index is 10.9. The molecule has 0 saturated carbocycles. The van der Waals surface area contributed by atoms with Crippen molar-refractivity contribution >= 4 is 12.4 Å².